The van der Waals surface area contributed by atoms with Crippen molar-refractivity contribution in [1.29, 1.82) is 0 Å². The summed E-state index contributed by atoms with van der Waals surface area (Å²) in [6.07, 6.45) is -4.08. The molecule has 1 N–H and O–H groups in total. The van der Waals surface area contributed by atoms with Crippen LogP contribution in [-0.2, 0) is 0 Å². The molecule has 0 aromatic carbocycles. The fraction of sp³-hybridized carbons (Fsp3) is 0.455. The van der Waals surface area contributed by atoms with Gasteiger partial charge in [-0.15, -0.1) is 0 Å². The first-order valence-electron chi connectivity index (χ1n) is 5.43. The van der Waals surface area contributed by atoms with Crippen LogP contribution in [-0.4, -0.2) is 45.8 Å². The Balaban J connectivity index is 2.13. The summed E-state index contributed by atoms with van der Waals surface area (Å²) in [6, 6.07) is 2.75. The molecule has 1 fully saturated rings. The average molecular weight is 295 g/mol. The molecule has 4 nitrogen and oxygen atoms in total. The molecule has 8 heteroatoms. The minimum absolute atomic E-state index is 0.135. The number of aromatic nitrogens is 1. The molecule has 1 aromatic heterocycles. The number of rotatable bonds is 1. The van der Waals surface area contributed by atoms with Crippen molar-refractivity contribution < 1.29 is 23.1 Å². The molecule has 0 spiro atoms. The van der Waals surface area contributed by atoms with Crippen molar-refractivity contribution in [3.05, 3.63) is 29.0 Å². The molecule has 1 saturated heterocycles. The summed E-state index contributed by atoms with van der Waals surface area (Å²) < 4.78 is 37.9. The first-order valence-corrected chi connectivity index (χ1v) is 5.81. The van der Waals surface area contributed by atoms with Gasteiger partial charge in [-0.05, 0) is 12.1 Å². The molecule has 1 aliphatic heterocycles. The summed E-state index contributed by atoms with van der Waals surface area (Å²) in [5.74, 6) is -0.607. The highest BCUT2D eigenvalue weighted by molar-refractivity contribution is 6.29. The summed E-state index contributed by atoms with van der Waals surface area (Å²) in [5.41, 5.74) is -2.70. The molecule has 1 amide bonds. The van der Waals surface area contributed by atoms with Crippen molar-refractivity contribution in [1.82, 2.24) is 9.88 Å². The number of nitrogens with zero attached hydrogens (tertiary/aromatic N) is 2. The molecule has 1 aromatic rings. The number of hydrogen-bond donors (Lipinski definition) is 1. The van der Waals surface area contributed by atoms with Crippen LogP contribution in [0.25, 0.3) is 0 Å². The second kappa shape index (κ2) is 4.64. The van der Waals surface area contributed by atoms with Crippen molar-refractivity contribution in [2.45, 2.75) is 18.2 Å². The van der Waals surface area contributed by atoms with Gasteiger partial charge in [0.25, 0.3) is 5.91 Å². The maximum atomic E-state index is 12.6. The first-order chi connectivity index (χ1) is 8.73. The van der Waals surface area contributed by atoms with E-state index in [1.807, 2.05) is 0 Å². The Labute approximate surface area is 111 Å². The van der Waals surface area contributed by atoms with Crippen LogP contribution >= 0.6 is 11.6 Å². The number of hydrogen-bond acceptors (Lipinski definition) is 3. The van der Waals surface area contributed by atoms with Gasteiger partial charge in [0.15, 0.2) is 5.60 Å². The Kier molecular flexibility index (Phi) is 3.44. The fourth-order valence-corrected chi connectivity index (χ4v) is 2.00. The lowest BCUT2D eigenvalue weighted by Gasteiger charge is -2.25. The predicted octanol–water partition coefficient (Wildman–Crippen LogP) is 1.87. The van der Waals surface area contributed by atoms with E-state index in [9.17, 15) is 23.1 Å². The molecule has 0 radical (unpaired) electrons. The number of alkyl halides is 3. The molecule has 0 saturated carbocycles. The van der Waals surface area contributed by atoms with Crippen LogP contribution in [0.3, 0.4) is 0 Å². The van der Waals surface area contributed by atoms with Gasteiger partial charge in [0, 0.05) is 19.2 Å². The Morgan fingerprint density at radius 3 is 2.63 bits per heavy atom. The van der Waals surface area contributed by atoms with Gasteiger partial charge in [-0.2, -0.15) is 13.2 Å². The summed E-state index contributed by atoms with van der Waals surface area (Å²) in [7, 11) is 0. The Morgan fingerprint density at radius 1 is 1.47 bits per heavy atom. The Morgan fingerprint density at radius 2 is 2.16 bits per heavy atom. The van der Waals surface area contributed by atoms with Gasteiger partial charge in [0.05, 0.1) is 12.1 Å². The standard InChI is InChI=1S/C11H10ClF3N2O2/c12-8-2-1-7(5-16-8)9(18)17-4-3-10(19,6-17)11(13,14)15/h1-2,5,19H,3-4,6H2. The minimum atomic E-state index is -4.75. The van der Waals surface area contributed by atoms with Crippen LogP contribution in [0.4, 0.5) is 13.2 Å². The second-order valence-corrected chi connectivity index (χ2v) is 4.76. The number of β-amino-alcohol motifs (C(OH)–C–C–N with tert-alkyl or cyclic N) is 1. The monoisotopic (exact) mass is 294 g/mol. The van der Waals surface area contributed by atoms with Gasteiger partial charge >= 0.3 is 6.18 Å². The van der Waals surface area contributed by atoms with E-state index in [4.69, 9.17) is 11.6 Å². The predicted molar refractivity (Wildman–Crippen MR) is 60.8 cm³/mol. The molecular formula is C11H10ClF3N2O2. The van der Waals surface area contributed by atoms with Crippen molar-refractivity contribution in [3.8, 4) is 0 Å². The maximum Gasteiger partial charge on any atom is 0.419 e. The minimum Gasteiger partial charge on any atom is -0.379 e. The highest BCUT2D eigenvalue weighted by atomic mass is 35.5. The molecule has 0 aliphatic carbocycles. The maximum absolute atomic E-state index is 12.6. The molecule has 1 unspecified atom stereocenters. The van der Waals surface area contributed by atoms with Gasteiger partial charge in [-0.3, -0.25) is 4.79 Å². The zero-order valence-electron chi connectivity index (χ0n) is 9.62. The van der Waals surface area contributed by atoms with Gasteiger partial charge in [-0.25, -0.2) is 4.98 Å². The van der Waals surface area contributed by atoms with Crippen LogP contribution < -0.4 is 0 Å². The van der Waals surface area contributed by atoms with Gasteiger partial charge in [0.2, 0.25) is 0 Å². The quantitative estimate of drug-likeness (QED) is 0.805. The average Bonchev–Trinajstić information content (AvgIpc) is 2.73. The third-order valence-electron chi connectivity index (χ3n) is 3.04. The molecule has 2 heterocycles. The van der Waals surface area contributed by atoms with E-state index in [1.54, 1.807) is 0 Å². The lowest BCUT2D eigenvalue weighted by atomic mass is 10.0. The first kappa shape index (κ1) is 14.1. The molecule has 1 atom stereocenters. The zero-order chi connectivity index (χ0) is 14.3. The van der Waals surface area contributed by atoms with Crippen LogP contribution in [0.2, 0.25) is 5.15 Å². The van der Waals surface area contributed by atoms with Crippen LogP contribution in [0.5, 0.6) is 0 Å². The smallest absolute Gasteiger partial charge is 0.379 e. The molecule has 19 heavy (non-hydrogen) atoms. The Bertz CT molecular complexity index is 492. The molecular weight excluding hydrogens is 285 g/mol. The van der Waals surface area contributed by atoms with Crippen molar-refractivity contribution in [2.75, 3.05) is 13.1 Å². The summed E-state index contributed by atoms with van der Waals surface area (Å²) in [6.45, 7) is -0.921. The number of amides is 1. The van der Waals surface area contributed by atoms with Crippen molar-refractivity contribution >= 4 is 17.5 Å². The normalized spacial score (nSPS) is 23.7. The number of halogens is 4. The van der Waals surface area contributed by atoms with Crippen LogP contribution in [0.1, 0.15) is 16.8 Å². The van der Waals surface area contributed by atoms with Crippen molar-refractivity contribution in [2.24, 2.45) is 0 Å². The van der Waals surface area contributed by atoms with E-state index in [2.05, 4.69) is 4.98 Å². The molecule has 1 aliphatic rings. The van der Waals surface area contributed by atoms with E-state index < -0.39 is 30.7 Å². The van der Waals surface area contributed by atoms with E-state index in [1.165, 1.54) is 18.3 Å². The number of pyridine rings is 1. The SMILES string of the molecule is O=C(c1ccc(Cl)nc1)N1CCC(O)(C(F)(F)F)C1. The second-order valence-electron chi connectivity index (χ2n) is 4.38. The summed E-state index contributed by atoms with van der Waals surface area (Å²) >= 11 is 5.56. The lowest BCUT2D eigenvalue weighted by Crippen LogP contribution is -2.48. The molecule has 104 valence electrons. The van der Waals surface area contributed by atoms with Crippen LogP contribution in [0, 0.1) is 0 Å². The van der Waals surface area contributed by atoms with E-state index >= 15 is 0 Å². The number of likely N-dealkylation sites (tertiary alicyclic amines) is 1. The lowest BCUT2D eigenvalue weighted by molar-refractivity contribution is -0.253. The largest absolute Gasteiger partial charge is 0.419 e. The topological polar surface area (TPSA) is 53.4 Å². The highest BCUT2D eigenvalue weighted by Gasteiger charge is 2.57. The summed E-state index contributed by atoms with van der Waals surface area (Å²) in [5, 5.41) is 9.67. The van der Waals surface area contributed by atoms with E-state index in [0.717, 1.165) is 4.90 Å². The van der Waals surface area contributed by atoms with Crippen LogP contribution in [0.15, 0.2) is 18.3 Å². The summed E-state index contributed by atoms with van der Waals surface area (Å²) in [4.78, 5) is 16.6. The Hall–Kier alpha value is -1.34. The van der Waals surface area contributed by atoms with E-state index in [0.29, 0.717) is 0 Å². The van der Waals surface area contributed by atoms with Gasteiger partial charge in [0.1, 0.15) is 5.15 Å². The molecule has 2 rings (SSSR count). The van der Waals surface area contributed by atoms with E-state index in [-0.39, 0.29) is 17.3 Å². The number of carbonyl (C=O) groups is 1. The fourth-order valence-electron chi connectivity index (χ4n) is 1.88. The van der Waals surface area contributed by atoms with Crippen molar-refractivity contribution in [3.63, 3.8) is 0 Å². The van der Waals surface area contributed by atoms with Gasteiger partial charge < -0.3 is 10.0 Å². The highest BCUT2D eigenvalue weighted by Crippen LogP contribution is 2.37. The zero-order valence-corrected chi connectivity index (χ0v) is 10.4. The third-order valence-corrected chi connectivity index (χ3v) is 3.26. The third kappa shape index (κ3) is 2.66. The molecule has 0 bridgehead atoms. The number of carbonyl (C=O) groups excluding carboxylic acids is 1. The number of aliphatic hydroxyl groups is 1. The van der Waals surface area contributed by atoms with Gasteiger partial charge in [-0.1, -0.05) is 11.6 Å².